The molecule has 2 amide bonds. The number of hydrogen-bond acceptors (Lipinski definition) is 5. The fraction of sp³-hybridized carbons (Fsp3) is 0.407. The predicted octanol–water partition coefficient (Wildman–Crippen LogP) is 4.52. The van der Waals surface area contributed by atoms with Gasteiger partial charge in [0.25, 0.3) is 11.8 Å². The molecule has 2 aromatic carbocycles. The Morgan fingerprint density at radius 2 is 1.70 bits per heavy atom. The summed E-state index contributed by atoms with van der Waals surface area (Å²) >= 11 is 0. The first-order valence-corrected chi connectivity index (χ1v) is 11.9. The summed E-state index contributed by atoms with van der Waals surface area (Å²) in [5.41, 5.74) is 5.66. The Hall–Kier alpha value is -3.12. The van der Waals surface area contributed by atoms with Crippen molar-refractivity contribution in [3.63, 3.8) is 0 Å². The van der Waals surface area contributed by atoms with Crippen molar-refractivity contribution < 1.29 is 14.3 Å². The largest absolute Gasteiger partial charge is 0.382 e. The Bertz CT molecular complexity index is 1050. The summed E-state index contributed by atoms with van der Waals surface area (Å²) in [6.45, 7) is 9.58. The maximum absolute atomic E-state index is 13.4. The van der Waals surface area contributed by atoms with Gasteiger partial charge in [-0.25, -0.2) is 0 Å². The quantitative estimate of drug-likeness (QED) is 0.452. The summed E-state index contributed by atoms with van der Waals surface area (Å²) in [4.78, 5) is 30.5. The molecule has 2 heterocycles. The molecule has 33 heavy (non-hydrogen) atoms. The molecule has 0 aliphatic carbocycles. The molecule has 2 aliphatic rings. The normalized spacial score (nSPS) is 16.3. The van der Waals surface area contributed by atoms with Crippen molar-refractivity contribution in [3.8, 4) is 0 Å². The van der Waals surface area contributed by atoms with Crippen molar-refractivity contribution in [2.45, 2.75) is 40.0 Å². The van der Waals surface area contributed by atoms with Gasteiger partial charge in [-0.15, -0.1) is 0 Å². The number of imide groups is 1. The van der Waals surface area contributed by atoms with Crippen LogP contribution in [-0.2, 0) is 14.3 Å². The van der Waals surface area contributed by atoms with E-state index in [2.05, 4.69) is 22.3 Å². The molecule has 0 atom stereocenters. The zero-order valence-electron chi connectivity index (χ0n) is 19.8. The van der Waals surface area contributed by atoms with Crippen LogP contribution in [0.5, 0.6) is 0 Å². The van der Waals surface area contributed by atoms with Gasteiger partial charge >= 0.3 is 0 Å². The van der Waals surface area contributed by atoms with Gasteiger partial charge in [-0.3, -0.25) is 14.5 Å². The van der Waals surface area contributed by atoms with E-state index < -0.39 is 0 Å². The molecule has 2 aliphatic heterocycles. The lowest BCUT2D eigenvalue weighted by atomic mass is 9.97. The Labute approximate surface area is 196 Å². The minimum Gasteiger partial charge on any atom is -0.382 e. The SMILES string of the molecule is CCOCCCN1C(=O)C(Nc2ccc(N3CCCC3)cc2)=C(c2ccc(C)cc2C)C1=O. The molecular weight excluding hydrogens is 414 g/mol. The molecule has 0 spiro atoms. The topological polar surface area (TPSA) is 61.9 Å². The highest BCUT2D eigenvalue weighted by atomic mass is 16.5. The number of carbonyl (C=O) groups is 2. The number of nitrogens with zero attached hydrogens (tertiary/aromatic N) is 2. The summed E-state index contributed by atoms with van der Waals surface area (Å²) in [6.07, 6.45) is 3.06. The van der Waals surface area contributed by atoms with E-state index in [1.165, 1.54) is 23.4 Å². The van der Waals surface area contributed by atoms with Gasteiger partial charge in [-0.2, -0.15) is 0 Å². The van der Waals surface area contributed by atoms with E-state index >= 15 is 0 Å². The Balaban J connectivity index is 1.63. The van der Waals surface area contributed by atoms with Crippen LogP contribution in [0.3, 0.4) is 0 Å². The second kappa shape index (κ2) is 10.2. The van der Waals surface area contributed by atoms with Gasteiger partial charge in [0.05, 0.1) is 5.57 Å². The number of ether oxygens (including phenoxy) is 1. The third-order valence-electron chi connectivity index (χ3n) is 6.30. The van der Waals surface area contributed by atoms with E-state index in [9.17, 15) is 9.59 Å². The number of benzene rings is 2. The molecule has 6 heteroatoms. The maximum Gasteiger partial charge on any atom is 0.278 e. The van der Waals surface area contributed by atoms with Crippen LogP contribution in [0.4, 0.5) is 11.4 Å². The Morgan fingerprint density at radius 1 is 0.970 bits per heavy atom. The number of nitrogens with one attached hydrogen (secondary N) is 1. The van der Waals surface area contributed by atoms with Crippen LogP contribution in [0.1, 0.15) is 42.9 Å². The summed E-state index contributed by atoms with van der Waals surface area (Å²) in [5.74, 6) is -0.533. The highest BCUT2D eigenvalue weighted by Gasteiger charge is 2.39. The average molecular weight is 448 g/mol. The highest BCUT2D eigenvalue weighted by Crippen LogP contribution is 2.33. The van der Waals surface area contributed by atoms with Gasteiger partial charge in [0, 0.05) is 44.2 Å². The summed E-state index contributed by atoms with van der Waals surface area (Å²) in [6, 6.07) is 14.1. The van der Waals surface area contributed by atoms with E-state index in [0.717, 1.165) is 35.5 Å². The number of rotatable bonds is 9. The van der Waals surface area contributed by atoms with Gasteiger partial charge in [0.1, 0.15) is 5.70 Å². The lowest BCUT2D eigenvalue weighted by Gasteiger charge is -2.18. The Kier molecular flexibility index (Phi) is 7.14. The first-order chi connectivity index (χ1) is 16.0. The molecule has 4 rings (SSSR count). The number of hydrogen-bond donors (Lipinski definition) is 1. The second-order valence-corrected chi connectivity index (χ2v) is 8.75. The number of aryl methyl sites for hydroxylation is 2. The lowest BCUT2D eigenvalue weighted by Crippen LogP contribution is -2.34. The van der Waals surface area contributed by atoms with Crippen molar-refractivity contribution >= 4 is 28.8 Å². The predicted molar refractivity (Wildman–Crippen MR) is 132 cm³/mol. The maximum atomic E-state index is 13.4. The van der Waals surface area contributed by atoms with Crippen LogP contribution in [0.2, 0.25) is 0 Å². The minimum atomic E-state index is -0.282. The summed E-state index contributed by atoms with van der Waals surface area (Å²) in [7, 11) is 0. The van der Waals surface area contributed by atoms with Gasteiger partial charge in [-0.1, -0.05) is 23.8 Å². The number of amides is 2. The van der Waals surface area contributed by atoms with E-state index in [4.69, 9.17) is 4.74 Å². The fourth-order valence-electron chi connectivity index (χ4n) is 4.58. The molecule has 0 unspecified atom stereocenters. The van der Waals surface area contributed by atoms with Gasteiger partial charge in [0.15, 0.2) is 0 Å². The van der Waals surface area contributed by atoms with Crippen molar-refractivity contribution in [1.29, 1.82) is 0 Å². The summed E-state index contributed by atoms with van der Waals surface area (Å²) < 4.78 is 5.40. The Morgan fingerprint density at radius 3 is 2.36 bits per heavy atom. The zero-order valence-corrected chi connectivity index (χ0v) is 19.8. The van der Waals surface area contributed by atoms with Crippen LogP contribution >= 0.6 is 0 Å². The molecular formula is C27H33N3O3. The standard InChI is InChI=1S/C27H33N3O3/c1-4-33-17-7-16-30-26(31)24(23-13-8-19(2)18-20(23)3)25(27(30)32)28-21-9-11-22(12-10-21)29-14-5-6-15-29/h8-13,18,28H,4-7,14-17H2,1-3H3. The molecule has 0 radical (unpaired) electrons. The molecule has 6 nitrogen and oxygen atoms in total. The lowest BCUT2D eigenvalue weighted by molar-refractivity contribution is -0.137. The highest BCUT2D eigenvalue weighted by molar-refractivity contribution is 6.36. The zero-order chi connectivity index (χ0) is 23.4. The molecule has 0 saturated carbocycles. The van der Waals surface area contributed by atoms with Gasteiger partial charge in [0.2, 0.25) is 0 Å². The monoisotopic (exact) mass is 447 g/mol. The molecule has 0 bridgehead atoms. The van der Waals surface area contributed by atoms with Gasteiger partial charge < -0.3 is 15.0 Å². The first kappa shape index (κ1) is 23.1. The van der Waals surface area contributed by atoms with Crippen LogP contribution in [0.15, 0.2) is 48.2 Å². The second-order valence-electron chi connectivity index (χ2n) is 8.75. The van der Waals surface area contributed by atoms with E-state index in [-0.39, 0.29) is 11.8 Å². The molecule has 1 fully saturated rings. The molecule has 174 valence electrons. The first-order valence-electron chi connectivity index (χ1n) is 11.9. The molecule has 1 N–H and O–H groups in total. The van der Waals surface area contributed by atoms with Crippen LogP contribution < -0.4 is 10.2 Å². The molecule has 2 aromatic rings. The van der Waals surface area contributed by atoms with Crippen molar-refractivity contribution in [2.75, 3.05) is 43.1 Å². The molecule has 1 saturated heterocycles. The smallest absolute Gasteiger partial charge is 0.278 e. The van der Waals surface area contributed by atoms with Gasteiger partial charge in [-0.05, 0) is 75.4 Å². The van der Waals surface area contributed by atoms with Crippen molar-refractivity contribution in [2.24, 2.45) is 0 Å². The minimum absolute atomic E-state index is 0.250. The average Bonchev–Trinajstić information content (AvgIpc) is 3.41. The van der Waals surface area contributed by atoms with E-state index in [1.807, 2.05) is 51.1 Å². The summed E-state index contributed by atoms with van der Waals surface area (Å²) in [5, 5.41) is 3.28. The fourth-order valence-corrected chi connectivity index (χ4v) is 4.58. The van der Waals surface area contributed by atoms with Crippen LogP contribution in [-0.4, -0.2) is 49.6 Å². The number of carbonyl (C=O) groups excluding carboxylic acids is 2. The van der Waals surface area contributed by atoms with Crippen molar-refractivity contribution in [3.05, 3.63) is 64.9 Å². The number of anilines is 2. The third-order valence-corrected chi connectivity index (χ3v) is 6.30. The van der Waals surface area contributed by atoms with E-state index in [0.29, 0.717) is 37.4 Å². The van der Waals surface area contributed by atoms with Crippen LogP contribution in [0, 0.1) is 13.8 Å². The molecule has 0 aromatic heterocycles. The third kappa shape index (κ3) is 4.96. The van der Waals surface area contributed by atoms with E-state index in [1.54, 1.807) is 0 Å². The van der Waals surface area contributed by atoms with Crippen molar-refractivity contribution in [1.82, 2.24) is 4.90 Å². The van der Waals surface area contributed by atoms with Crippen LogP contribution in [0.25, 0.3) is 5.57 Å².